The van der Waals surface area contributed by atoms with Crippen molar-refractivity contribution in [2.24, 2.45) is 0 Å². The highest BCUT2D eigenvalue weighted by atomic mass is 79.9. The molecule has 0 saturated heterocycles. The van der Waals surface area contributed by atoms with Crippen molar-refractivity contribution in [3.05, 3.63) is 34.4 Å². The summed E-state index contributed by atoms with van der Waals surface area (Å²) in [5.74, 6) is -0.190. The van der Waals surface area contributed by atoms with Gasteiger partial charge in [0.15, 0.2) is 0 Å². The Balaban J connectivity index is 2.21. The molecule has 1 atom stereocenters. The number of H-pyrrole nitrogens is 1. The van der Waals surface area contributed by atoms with Gasteiger partial charge in [-0.2, -0.15) is 5.26 Å². The zero-order valence-corrected chi connectivity index (χ0v) is 11.4. The number of halogens is 1. The monoisotopic (exact) mass is 305 g/mol. The molecular weight excluding hydrogens is 294 g/mol. The number of benzene rings is 1. The summed E-state index contributed by atoms with van der Waals surface area (Å²) in [4.78, 5) is 15.0. The predicted octanol–water partition coefficient (Wildman–Crippen LogP) is 2.96. The summed E-state index contributed by atoms with van der Waals surface area (Å²) < 4.78 is 0.960. The minimum absolute atomic E-state index is 0.152. The fourth-order valence-corrected chi connectivity index (χ4v) is 2.07. The molecular formula is C13H12BrN3O. The Morgan fingerprint density at radius 1 is 1.56 bits per heavy atom. The summed E-state index contributed by atoms with van der Waals surface area (Å²) >= 11 is 3.38. The lowest BCUT2D eigenvalue weighted by molar-refractivity contribution is 0.0936. The fraction of sp³-hybridized carbons (Fsp3) is 0.231. The fourth-order valence-electron chi connectivity index (χ4n) is 1.71. The lowest BCUT2D eigenvalue weighted by Gasteiger charge is -2.08. The molecule has 18 heavy (non-hydrogen) atoms. The van der Waals surface area contributed by atoms with Crippen molar-refractivity contribution in [3.63, 3.8) is 0 Å². The maximum absolute atomic E-state index is 11.9. The van der Waals surface area contributed by atoms with Crippen molar-refractivity contribution in [2.45, 2.75) is 19.4 Å². The number of carbonyl (C=O) groups is 1. The standard InChI is InChI=1S/C13H12BrN3O/c1-8(4-5-15)16-13(18)12-6-9-2-3-10(14)7-11(9)17-12/h2-3,6-8,17H,4H2,1H3,(H,16,18)/t8-/m0/s1. The largest absolute Gasteiger partial charge is 0.350 e. The van der Waals surface area contributed by atoms with Gasteiger partial charge in [-0.3, -0.25) is 4.79 Å². The number of nitrogens with one attached hydrogen (secondary N) is 2. The molecule has 0 bridgehead atoms. The molecule has 1 heterocycles. The Kier molecular flexibility index (Phi) is 3.68. The third kappa shape index (κ3) is 2.71. The summed E-state index contributed by atoms with van der Waals surface area (Å²) in [6, 6.07) is 9.46. The molecule has 92 valence electrons. The van der Waals surface area contributed by atoms with E-state index in [9.17, 15) is 4.79 Å². The normalized spacial score (nSPS) is 12.1. The summed E-state index contributed by atoms with van der Waals surface area (Å²) in [5.41, 5.74) is 1.41. The van der Waals surface area contributed by atoms with Crippen molar-refractivity contribution in [3.8, 4) is 6.07 Å². The minimum Gasteiger partial charge on any atom is -0.350 e. The van der Waals surface area contributed by atoms with Gasteiger partial charge in [-0.05, 0) is 25.1 Å². The van der Waals surface area contributed by atoms with Crippen LogP contribution in [0.3, 0.4) is 0 Å². The van der Waals surface area contributed by atoms with Crippen molar-refractivity contribution in [1.29, 1.82) is 5.26 Å². The second-order valence-electron chi connectivity index (χ2n) is 4.15. The van der Waals surface area contributed by atoms with Gasteiger partial charge in [0.2, 0.25) is 0 Å². The van der Waals surface area contributed by atoms with E-state index in [4.69, 9.17) is 5.26 Å². The molecule has 0 spiro atoms. The quantitative estimate of drug-likeness (QED) is 0.915. The Labute approximate surface area is 113 Å². The molecule has 0 saturated carbocycles. The van der Waals surface area contributed by atoms with Crippen LogP contribution in [-0.2, 0) is 0 Å². The van der Waals surface area contributed by atoms with Gasteiger partial charge in [0, 0.05) is 21.4 Å². The number of rotatable bonds is 3. The average Bonchev–Trinajstić information content (AvgIpc) is 2.72. The van der Waals surface area contributed by atoms with Crippen LogP contribution in [0.1, 0.15) is 23.8 Å². The molecule has 0 unspecified atom stereocenters. The number of carbonyl (C=O) groups excluding carboxylic acids is 1. The molecule has 0 fully saturated rings. The molecule has 0 aliphatic rings. The van der Waals surface area contributed by atoms with E-state index in [1.807, 2.05) is 24.3 Å². The van der Waals surface area contributed by atoms with Crippen LogP contribution in [0.15, 0.2) is 28.7 Å². The van der Waals surface area contributed by atoms with Crippen LogP contribution in [0.2, 0.25) is 0 Å². The highest BCUT2D eigenvalue weighted by Gasteiger charge is 2.12. The molecule has 0 radical (unpaired) electrons. The average molecular weight is 306 g/mol. The van der Waals surface area contributed by atoms with Gasteiger partial charge in [-0.15, -0.1) is 0 Å². The van der Waals surface area contributed by atoms with Crippen LogP contribution in [0.25, 0.3) is 10.9 Å². The van der Waals surface area contributed by atoms with E-state index in [0.29, 0.717) is 12.1 Å². The molecule has 5 heteroatoms. The molecule has 2 aromatic rings. The second-order valence-corrected chi connectivity index (χ2v) is 5.07. The highest BCUT2D eigenvalue weighted by Crippen LogP contribution is 2.20. The topological polar surface area (TPSA) is 68.7 Å². The third-order valence-corrected chi connectivity index (χ3v) is 3.10. The number of hydrogen-bond donors (Lipinski definition) is 2. The van der Waals surface area contributed by atoms with Gasteiger partial charge in [0.25, 0.3) is 5.91 Å². The van der Waals surface area contributed by atoms with Crippen molar-refractivity contribution in [2.75, 3.05) is 0 Å². The van der Waals surface area contributed by atoms with Gasteiger partial charge in [0.05, 0.1) is 12.5 Å². The number of hydrogen-bond acceptors (Lipinski definition) is 2. The van der Waals surface area contributed by atoms with E-state index in [1.54, 1.807) is 13.0 Å². The lowest BCUT2D eigenvalue weighted by Crippen LogP contribution is -2.32. The first kappa shape index (κ1) is 12.7. The zero-order valence-electron chi connectivity index (χ0n) is 9.83. The first-order valence-electron chi connectivity index (χ1n) is 5.56. The Hall–Kier alpha value is -1.80. The number of fused-ring (bicyclic) bond motifs is 1. The van der Waals surface area contributed by atoms with Gasteiger partial charge < -0.3 is 10.3 Å². The van der Waals surface area contributed by atoms with E-state index < -0.39 is 0 Å². The number of aromatic amines is 1. The number of aromatic nitrogens is 1. The highest BCUT2D eigenvalue weighted by molar-refractivity contribution is 9.10. The van der Waals surface area contributed by atoms with E-state index in [-0.39, 0.29) is 11.9 Å². The van der Waals surface area contributed by atoms with Crippen molar-refractivity contribution >= 4 is 32.7 Å². The minimum atomic E-state index is -0.190. The smallest absolute Gasteiger partial charge is 0.267 e. The van der Waals surface area contributed by atoms with E-state index >= 15 is 0 Å². The number of nitrogens with zero attached hydrogens (tertiary/aromatic N) is 1. The van der Waals surface area contributed by atoms with Gasteiger partial charge in [-0.1, -0.05) is 22.0 Å². The molecule has 0 aliphatic heterocycles. The Morgan fingerprint density at radius 3 is 3.06 bits per heavy atom. The molecule has 0 aliphatic carbocycles. The van der Waals surface area contributed by atoms with Gasteiger partial charge >= 0.3 is 0 Å². The van der Waals surface area contributed by atoms with Crippen molar-refractivity contribution < 1.29 is 4.79 Å². The van der Waals surface area contributed by atoms with Crippen LogP contribution in [0, 0.1) is 11.3 Å². The summed E-state index contributed by atoms with van der Waals surface area (Å²) in [5, 5.41) is 12.3. The predicted molar refractivity (Wildman–Crippen MR) is 73.2 cm³/mol. The Morgan fingerprint density at radius 2 is 2.33 bits per heavy atom. The van der Waals surface area contributed by atoms with E-state index in [0.717, 1.165) is 15.4 Å². The first-order chi connectivity index (χ1) is 8.60. The lowest BCUT2D eigenvalue weighted by atomic mass is 10.2. The second kappa shape index (κ2) is 5.23. The molecule has 1 aromatic heterocycles. The summed E-state index contributed by atoms with van der Waals surface area (Å²) in [6.07, 6.45) is 0.303. The molecule has 2 rings (SSSR count). The molecule has 2 N–H and O–H groups in total. The van der Waals surface area contributed by atoms with E-state index in [1.165, 1.54) is 0 Å². The summed E-state index contributed by atoms with van der Waals surface area (Å²) in [7, 11) is 0. The van der Waals surface area contributed by atoms with Crippen LogP contribution in [0.4, 0.5) is 0 Å². The zero-order chi connectivity index (χ0) is 13.1. The molecule has 4 nitrogen and oxygen atoms in total. The number of amides is 1. The van der Waals surface area contributed by atoms with Crippen LogP contribution < -0.4 is 5.32 Å². The first-order valence-corrected chi connectivity index (χ1v) is 6.35. The Bertz CT molecular complexity index is 627. The molecule has 1 aromatic carbocycles. The maximum atomic E-state index is 11.9. The van der Waals surface area contributed by atoms with Crippen LogP contribution >= 0.6 is 15.9 Å². The summed E-state index contributed by atoms with van der Waals surface area (Å²) in [6.45, 7) is 1.81. The molecule has 1 amide bonds. The number of nitriles is 1. The third-order valence-electron chi connectivity index (χ3n) is 2.60. The van der Waals surface area contributed by atoms with Gasteiger partial charge in [-0.25, -0.2) is 0 Å². The maximum Gasteiger partial charge on any atom is 0.267 e. The SMILES string of the molecule is C[C@@H](CC#N)NC(=O)c1cc2ccc(Br)cc2[nH]1. The van der Waals surface area contributed by atoms with Gasteiger partial charge in [0.1, 0.15) is 5.69 Å². The van der Waals surface area contributed by atoms with E-state index in [2.05, 4.69) is 26.2 Å². The van der Waals surface area contributed by atoms with Crippen molar-refractivity contribution in [1.82, 2.24) is 10.3 Å². The van der Waals surface area contributed by atoms with Crippen LogP contribution in [0.5, 0.6) is 0 Å². The van der Waals surface area contributed by atoms with Crippen LogP contribution in [-0.4, -0.2) is 16.9 Å².